The van der Waals surface area contributed by atoms with Crippen LogP contribution in [0.5, 0.6) is 5.75 Å². The second-order valence-electron chi connectivity index (χ2n) is 11.0. The van der Waals surface area contributed by atoms with Crippen molar-refractivity contribution in [3.05, 3.63) is 66.2 Å². The lowest BCUT2D eigenvalue weighted by Gasteiger charge is -2.09. The molecule has 0 saturated heterocycles. The number of benzene rings is 3. The van der Waals surface area contributed by atoms with Crippen LogP contribution in [0.3, 0.4) is 0 Å². The topological polar surface area (TPSA) is 9.23 Å². The highest BCUT2D eigenvalue weighted by Crippen LogP contribution is 2.27. The van der Waals surface area contributed by atoms with Crippen molar-refractivity contribution < 1.29 is 4.74 Å². The fourth-order valence-corrected chi connectivity index (χ4v) is 5.26. The molecule has 0 bridgehead atoms. The highest BCUT2D eigenvalue weighted by atomic mass is 16.5. The molecule has 0 spiro atoms. The van der Waals surface area contributed by atoms with Crippen molar-refractivity contribution >= 4 is 10.8 Å². The summed E-state index contributed by atoms with van der Waals surface area (Å²) >= 11 is 0. The largest absolute Gasteiger partial charge is 0.494 e. The molecule has 0 radical (unpaired) electrons. The Kier molecular flexibility index (Phi) is 14.3. The van der Waals surface area contributed by atoms with Crippen LogP contribution in [-0.2, 0) is 6.42 Å². The molecule has 202 valence electrons. The van der Waals surface area contributed by atoms with Gasteiger partial charge in [-0.05, 0) is 64.9 Å². The minimum atomic E-state index is 0.826. The van der Waals surface area contributed by atoms with Crippen LogP contribution in [0.15, 0.2) is 60.7 Å². The molecule has 0 aromatic heterocycles. The van der Waals surface area contributed by atoms with E-state index in [2.05, 4.69) is 74.5 Å². The summed E-state index contributed by atoms with van der Waals surface area (Å²) in [6.45, 7) is 5.39. The predicted molar refractivity (Wildman–Crippen MR) is 164 cm³/mol. The van der Waals surface area contributed by atoms with E-state index in [4.69, 9.17) is 4.74 Å². The Balaban J connectivity index is 1.36. The van der Waals surface area contributed by atoms with E-state index in [9.17, 15) is 0 Å². The van der Waals surface area contributed by atoms with Gasteiger partial charge in [0.25, 0.3) is 0 Å². The second-order valence-corrected chi connectivity index (χ2v) is 11.0. The highest BCUT2D eigenvalue weighted by molar-refractivity contribution is 5.87. The normalized spacial score (nSPS) is 11.3. The average molecular weight is 501 g/mol. The van der Waals surface area contributed by atoms with Gasteiger partial charge in [0.05, 0.1) is 6.61 Å². The van der Waals surface area contributed by atoms with Crippen molar-refractivity contribution in [3.63, 3.8) is 0 Å². The quantitative estimate of drug-likeness (QED) is 0.140. The van der Waals surface area contributed by atoms with Gasteiger partial charge in [-0.2, -0.15) is 0 Å². The summed E-state index contributed by atoms with van der Waals surface area (Å²) in [6.07, 6.45) is 22.9. The molecule has 0 aliphatic carbocycles. The van der Waals surface area contributed by atoms with Crippen LogP contribution in [0.4, 0.5) is 0 Å². The maximum absolute atomic E-state index is 6.01. The molecule has 1 nitrogen and oxygen atoms in total. The maximum Gasteiger partial charge on any atom is 0.119 e. The van der Waals surface area contributed by atoms with Crippen LogP contribution in [0.2, 0.25) is 0 Å². The predicted octanol–water partition coefficient (Wildman–Crippen LogP) is 11.7. The molecule has 0 aliphatic heterocycles. The Morgan fingerprint density at radius 3 is 1.62 bits per heavy atom. The van der Waals surface area contributed by atoms with Crippen LogP contribution < -0.4 is 4.74 Å². The first-order valence-corrected chi connectivity index (χ1v) is 15.6. The van der Waals surface area contributed by atoms with Gasteiger partial charge >= 0.3 is 0 Å². The van der Waals surface area contributed by atoms with Crippen molar-refractivity contribution in [2.75, 3.05) is 6.61 Å². The molecule has 37 heavy (non-hydrogen) atoms. The van der Waals surface area contributed by atoms with Gasteiger partial charge in [0.15, 0.2) is 0 Å². The summed E-state index contributed by atoms with van der Waals surface area (Å²) in [5.41, 5.74) is 4.00. The van der Waals surface area contributed by atoms with Gasteiger partial charge in [-0.3, -0.25) is 0 Å². The van der Waals surface area contributed by atoms with Crippen LogP contribution in [0.1, 0.15) is 122 Å². The third-order valence-electron chi connectivity index (χ3n) is 7.68. The monoisotopic (exact) mass is 500 g/mol. The van der Waals surface area contributed by atoms with Crippen LogP contribution in [-0.4, -0.2) is 6.61 Å². The Morgan fingerprint density at radius 1 is 0.459 bits per heavy atom. The van der Waals surface area contributed by atoms with E-state index in [1.165, 1.54) is 130 Å². The van der Waals surface area contributed by atoms with Gasteiger partial charge < -0.3 is 4.74 Å². The molecule has 3 aromatic rings. The molecule has 0 atom stereocenters. The standard InChI is InChI=1S/C36H52O/c1-3-5-7-9-11-12-13-14-16-18-28-37-36-26-24-32(25-27-36)34-23-22-33-29-31(20-21-35(33)30-34)19-17-15-10-8-6-4-2/h20-27,29-30H,3-19,28H2,1-2H3. The number of hydrogen-bond acceptors (Lipinski definition) is 1. The Labute approximate surface area is 228 Å². The summed E-state index contributed by atoms with van der Waals surface area (Å²) < 4.78 is 6.01. The van der Waals surface area contributed by atoms with E-state index >= 15 is 0 Å². The van der Waals surface area contributed by atoms with E-state index in [0.29, 0.717) is 0 Å². The van der Waals surface area contributed by atoms with E-state index < -0.39 is 0 Å². The van der Waals surface area contributed by atoms with Gasteiger partial charge in [-0.25, -0.2) is 0 Å². The van der Waals surface area contributed by atoms with Crippen molar-refractivity contribution in [2.24, 2.45) is 0 Å². The minimum Gasteiger partial charge on any atom is -0.494 e. The van der Waals surface area contributed by atoms with E-state index in [1.807, 2.05) is 0 Å². The molecule has 0 saturated carbocycles. The van der Waals surface area contributed by atoms with E-state index in [-0.39, 0.29) is 0 Å². The van der Waals surface area contributed by atoms with Crippen LogP contribution in [0, 0.1) is 0 Å². The maximum atomic E-state index is 6.01. The molecule has 1 heteroatoms. The first-order chi connectivity index (χ1) is 18.3. The number of rotatable bonds is 20. The molecular formula is C36H52O. The first-order valence-electron chi connectivity index (χ1n) is 15.6. The van der Waals surface area contributed by atoms with Gasteiger partial charge in [-0.1, -0.05) is 146 Å². The number of hydrogen-bond donors (Lipinski definition) is 0. The van der Waals surface area contributed by atoms with Crippen LogP contribution in [0.25, 0.3) is 21.9 Å². The van der Waals surface area contributed by atoms with Gasteiger partial charge in [-0.15, -0.1) is 0 Å². The Hall–Kier alpha value is -2.28. The number of fused-ring (bicyclic) bond motifs is 1. The van der Waals surface area contributed by atoms with E-state index in [0.717, 1.165) is 18.8 Å². The Bertz CT molecular complexity index is 987. The van der Waals surface area contributed by atoms with Crippen LogP contribution >= 0.6 is 0 Å². The summed E-state index contributed by atoms with van der Waals surface area (Å²) in [6, 6.07) is 22.5. The van der Waals surface area contributed by atoms with E-state index in [1.54, 1.807) is 0 Å². The lowest BCUT2D eigenvalue weighted by molar-refractivity contribution is 0.304. The minimum absolute atomic E-state index is 0.826. The molecule has 0 heterocycles. The summed E-state index contributed by atoms with van der Waals surface area (Å²) in [7, 11) is 0. The molecule has 3 aromatic carbocycles. The molecule has 0 unspecified atom stereocenters. The Morgan fingerprint density at radius 2 is 0.973 bits per heavy atom. The number of aryl methyl sites for hydroxylation is 1. The van der Waals surface area contributed by atoms with Crippen molar-refractivity contribution in [1.82, 2.24) is 0 Å². The van der Waals surface area contributed by atoms with Crippen molar-refractivity contribution in [1.29, 1.82) is 0 Å². The highest BCUT2D eigenvalue weighted by Gasteiger charge is 2.03. The van der Waals surface area contributed by atoms with Gasteiger partial charge in [0, 0.05) is 0 Å². The zero-order chi connectivity index (χ0) is 26.0. The molecule has 0 amide bonds. The third-order valence-corrected chi connectivity index (χ3v) is 7.68. The summed E-state index contributed by atoms with van der Waals surface area (Å²) in [5.74, 6) is 0.986. The average Bonchev–Trinajstić information content (AvgIpc) is 2.93. The summed E-state index contributed by atoms with van der Waals surface area (Å²) in [5, 5.41) is 2.68. The smallest absolute Gasteiger partial charge is 0.119 e. The molecule has 0 N–H and O–H groups in total. The fourth-order valence-electron chi connectivity index (χ4n) is 5.26. The zero-order valence-electron chi connectivity index (χ0n) is 23.9. The number of ether oxygens (including phenoxy) is 1. The van der Waals surface area contributed by atoms with Gasteiger partial charge in [0.2, 0.25) is 0 Å². The first kappa shape index (κ1) is 29.3. The van der Waals surface area contributed by atoms with Crippen molar-refractivity contribution in [2.45, 2.75) is 123 Å². The molecule has 3 rings (SSSR count). The molecule has 0 fully saturated rings. The lowest BCUT2D eigenvalue weighted by Crippen LogP contribution is -1.97. The SMILES string of the molecule is CCCCCCCCCCCCOc1ccc(-c2ccc3cc(CCCCCCCC)ccc3c2)cc1. The third kappa shape index (κ3) is 11.3. The van der Waals surface area contributed by atoms with Crippen molar-refractivity contribution in [3.8, 4) is 16.9 Å². The fraction of sp³-hybridized carbons (Fsp3) is 0.556. The summed E-state index contributed by atoms with van der Waals surface area (Å²) in [4.78, 5) is 0. The van der Waals surface area contributed by atoms with Gasteiger partial charge in [0.1, 0.15) is 5.75 Å². The zero-order valence-corrected chi connectivity index (χ0v) is 23.9. The molecule has 0 aliphatic rings. The molecular weight excluding hydrogens is 448 g/mol. The lowest BCUT2D eigenvalue weighted by atomic mass is 9.98. The number of unbranched alkanes of at least 4 members (excludes halogenated alkanes) is 14. The second kappa shape index (κ2) is 18.1.